The van der Waals surface area contributed by atoms with Crippen molar-refractivity contribution in [1.29, 1.82) is 0 Å². The largest absolute Gasteiger partial charge is 0.462 e. The standard InChI is InChI=1S/2C19H21NO5/c2*1-11(21)25-14-3-5-19-4-2-6-20(19)17(22)8-12-7-15-16(24-10-23-15)9-13(12)18(14)19/h2*7,9,14,18H,2-6,8,10H2,1H3/t2*14-,18-,19-/m10/s1. The molecule has 12 heteroatoms. The Morgan fingerprint density at radius 3 is 1.44 bits per heavy atom. The first-order valence-corrected chi connectivity index (χ1v) is 18.0. The molecule has 2 saturated carbocycles. The topological polar surface area (TPSA) is 130 Å². The minimum Gasteiger partial charge on any atom is -0.462 e. The molecule has 12 nitrogen and oxygen atoms in total. The smallest absolute Gasteiger partial charge is 0.302 e. The minimum atomic E-state index is -0.260. The lowest BCUT2D eigenvalue weighted by Gasteiger charge is -2.40. The van der Waals surface area contributed by atoms with E-state index in [0.717, 1.165) is 98.2 Å². The Bertz CT molecular complexity index is 1680. The van der Waals surface area contributed by atoms with Crippen LogP contribution in [0.5, 0.6) is 23.0 Å². The van der Waals surface area contributed by atoms with Gasteiger partial charge in [0.25, 0.3) is 0 Å². The van der Waals surface area contributed by atoms with Crippen molar-refractivity contribution >= 4 is 23.8 Å². The summed E-state index contributed by atoms with van der Waals surface area (Å²) in [7, 11) is 0. The van der Waals surface area contributed by atoms with E-state index in [-0.39, 0.29) is 72.5 Å². The summed E-state index contributed by atoms with van der Waals surface area (Å²) in [5.41, 5.74) is 3.68. The zero-order valence-electron chi connectivity index (χ0n) is 28.5. The van der Waals surface area contributed by atoms with Gasteiger partial charge in [-0.05, 0) is 97.9 Å². The lowest BCUT2D eigenvalue weighted by Crippen LogP contribution is -2.49. The van der Waals surface area contributed by atoms with Gasteiger partial charge < -0.3 is 38.2 Å². The van der Waals surface area contributed by atoms with Crippen molar-refractivity contribution in [2.24, 2.45) is 0 Å². The van der Waals surface area contributed by atoms with Crippen molar-refractivity contribution in [2.45, 2.75) is 113 Å². The molecule has 2 aromatic carbocycles. The SMILES string of the molecule is CC(=O)O[C@@H]1CC[C@@]23CCCN2C(=O)Cc2cc4c(cc2[C@H]13)OCO4.CC(=O)O[C@H]1CC[C@]23CCCN2C(=O)Cc2cc4c(cc2[C@@H]13)OCO4. The first-order chi connectivity index (χ1) is 24.2. The number of esters is 2. The van der Waals surface area contributed by atoms with E-state index in [1.165, 1.54) is 13.8 Å². The lowest BCUT2D eigenvalue weighted by atomic mass is 9.78. The molecular weight excluding hydrogens is 644 g/mol. The Morgan fingerprint density at radius 1 is 0.640 bits per heavy atom. The van der Waals surface area contributed by atoms with Gasteiger partial charge in [-0.15, -0.1) is 0 Å². The molecule has 0 aromatic heterocycles. The maximum atomic E-state index is 13.0. The molecule has 264 valence electrons. The van der Waals surface area contributed by atoms with Crippen LogP contribution >= 0.6 is 0 Å². The number of ether oxygens (including phenoxy) is 6. The van der Waals surface area contributed by atoms with E-state index < -0.39 is 0 Å². The van der Waals surface area contributed by atoms with Crippen molar-refractivity contribution in [3.63, 3.8) is 0 Å². The average Bonchev–Trinajstić information content (AvgIpc) is 3.92. The van der Waals surface area contributed by atoms with Crippen LogP contribution in [0.1, 0.15) is 99.3 Å². The van der Waals surface area contributed by atoms with E-state index in [4.69, 9.17) is 28.4 Å². The normalized spacial score (nSPS) is 32.0. The average molecular weight is 687 g/mol. The summed E-state index contributed by atoms with van der Waals surface area (Å²) in [6.07, 6.45) is 7.67. The monoisotopic (exact) mass is 686 g/mol. The number of rotatable bonds is 2. The molecule has 0 bridgehead atoms. The number of fused-ring (bicyclic) bond motifs is 6. The fraction of sp³-hybridized carbons (Fsp3) is 0.579. The molecule has 2 aliphatic carbocycles. The molecule has 2 amide bonds. The number of amides is 2. The fourth-order valence-corrected chi connectivity index (χ4v) is 10.9. The van der Waals surface area contributed by atoms with Gasteiger partial charge in [0.05, 0.1) is 23.9 Å². The molecule has 6 heterocycles. The van der Waals surface area contributed by atoms with Crippen LogP contribution in [-0.2, 0) is 41.5 Å². The van der Waals surface area contributed by atoms with Crippen LogP contribution in [0.3, 0.4) is 0 Å². The third kappa shape index (κ3) is 4.69. The van der Waals surface area contributed by atoms with Gasteiger partial charge in [0.1, 0.15) is 12.2 Å². The molecule has 2 saturated heterocycles. The zero-order chi connectivity index (χ0) is 34.4. The number of nitrogens with zero attached hydrogens (tertiary/aromatic N) is 2. The Balaban J connectivity index is 0.000000135. The summed E-state index contributed by atoms with van der Waals surface area (Å²) < 4.78 is 33.6. The number of benzene rings is 2. The molecule has 50 heavy (non-hydrogen) atoms. The van der Waals surface area contributed by atoms with Gasteiger partial charge in [-0.1, -0.05) is 0 Å². The summed E-state index contributed by atoms with van der Waals surface area (Å²) in [6.45, 7) is 4.92. The van der Waals surface area contributed by atoms with E-state index in [9.17, 15) is 19.2 Å². The first kappa shape index (κ1) is 31.5. The second kappa shape index (κ2) is 11.5. The lowest BCUT2D eigenvalue weighted by molar-refractivity contribution is -0.148. The quantitative estimate of drug-likeness (QED) is 0.422. The highest BCUT2D eigenvalue weighted by atomic mass is 16.7. The molecule has 0 N–H and O–H groups in total. The molecule has 6 atom stereocenters. The fourth-order valence-electron chi connectivity index (χ4n) is 10.9. The zero-order valence-corrected chi connectivity index (χ0v) is 28.5. The van der Waals surface area contributed by atoms with Gasteiger partial charge in [0.15, 0.2) is 23.0 Å². The number of carbonyl (C=O) groups is 4. The van der Waals surface area contributed by atoms with Crippen LogP contribution in [0.15, 0.2) is 24.3 Å². The Hall–Kier alpha value is -4.48. The second-order valence-corrected chi connectivity index (χ2v) is 15.0. The Labute approximate surface area is 290 Å². The van der Waals surface area contributed by atoms with Crippen molar-refractivity contribution in [3.05, 3.63) is 46.5 Å². The van der Waals surface area contributed by atoms with Gasteiger partial charge >= 0.3 is 11.9 Å². The van der Waals surface area contributed by atoms with Crippen LogP contribution in [0.4, 0.5) is 0 Å². The highest BCUT2D eigenvalue weighted by Gasteiger charge is 2.60. The van der Waals surface area contributed by atoms with E-state index in [0.29, 0.717) is 24.3 Å². The van der Waals surface area contributed by atoms with Gasteiger partial charge in [0.2, 0.25) is 25.4 Å². The molecule has 8 aliphatic rings. The van der Waals surface area contributed by atoms with Gasteiger partial charge in [-0.2, -0.15) is 0 Å². The van der Waals surface area contributed by atoms with Crippen LogP contribution in [-0.4, -0.2) is 83.5 Å². The molecule has 2 aromatic rings. The third-order valence-corrected chi connectivity index (χ3v) is 12.5. The third-order valence-electron chi connectivity index (χ3n) is 12.5. The number of hydrogen-bond acceptors (Lipinski definition) is 10. The molecular formula is C38H42N2O10. The summed E-state index contributed by atoms with van der Waals surface area (Å²) >= 11 is 0. The van der Waals surface area contributed by atoms with E-state index in [1.807, 2.05) is 24.3 Å². The summed E-state index contributed by atoms with van der Waals surface area (Å²) in [5, 5.41) is 0. The van der Waals surface area contributed by atoms with Crippen LogP contribution in [0, 0.1) is 0 Å². The van der Waals surface area contributed by atoms with Crippen molar-refractivity contribution in [1.82, 2.24) is 9.80 Å². The van der Waals surface area contributed by atoms with E-state index in [2.05, 4.69) is 9.80 Å². The van der Waals surface area contributed by atoms with Crippen molar-refractivity contribution < 1.29 is 47.6 Å². The summed E-state index contributed by atoms with van der Waals surface area (Å²) in [6, 6.07) is 7.91. The second-order valence-electron chi connectivity index (χ2n) is 15.0. The van der Waals surface area contributed by atoms with E-state index >= 15 is 0 Å². The Morgan fingerprint density at radius 2 is 1.04 bits per heavy atom. The van der Waals surface area contributed by atoms with Crippen LogP contribution < -0.4 is 18.9 Å². The predicted molar refractivity (Wildman–Crippen MR) is 175 cm³/mol. The van der Waals surface area contributed by atoms with E-state index in [1.54, 1.807) is 0 Å². The highest BCUT2D eigenvalue weighted by Crippen LogP contribution is 2.58. The molecule has 0 unspecified atom stereocenters. The Kier molecular flexibility index (Phi) is 7.26. The van der Waals surface area contributed by atoms with Crippen LogP contribution in [0.25, 0.3) is 0 Å². The van der Waals surface area contributed by atoms with Crippen molar-refractivity contribution in [3.8, 4) is 23.0 Å². The predicted octanol–water partition coefficient (Wildman–Crippen LogP) is 4.28. The maximum absolute atomic E-state index is 13.0. The first-order valence-electron chi connectivity index (χ1n) is 18.0. The number of hydrogen-bond donors (Lipinski definition) is 0. The highest BCUT2D eigenvalue weighted by molar-refractivity contribution is 5.83. The van der Waals surface area contributed by atoms with Crippen molar-refractivity contribution in [2.75, 3.05) is 26.7 Å². The molecule has 10 rings (SSSR count). The van der Waals surface area contributed by atoms with Gasteiger partial charge in [0, 0.05) is 38.8 Å². The molecule has 6 aliphatic heterocycles. The molecule has 4 fully saturated rings. The maximum Gasteiger partial charge on any atom is 0.302 e. The molecule has 0 radical (unpaired) electrons. The van der Waals surface area contributed by atoms with Gasteiger partial charge in [-0.3, -0.25) is 19.2 Å². The molecule has 2 spiro atoms. The summed E-state index contributed by atoms with van der Waals surface area (Å²) in [4.78, 5) is 53.4. The van der Waals surface area contributed by atoms with Gasteiger partial charge in [-0.25, -0.2) is 0 Å². The summed E-state index contributed by atoms with van der Waals surface area (Å²) in [5.74, 6) is 2.68. The minimum absolute atomic E-state index is 0.00912. The number of carbonyl (C=O) groups excluding carboxylic acids is 4. The van der Waals surface area contributed by atoms with Crippen LogP contribution in [0.2, 0.25) is 0 Å².